The number of halogens is 1. The van der Waals surface area contributed by atoms with Gasteiger partial charge in [0.2, 0.25) is 0 Å². The molecule has 0 aromatic rings. The third-order valence-corrected chi connectivity index (χ3v) is 3.30. The van der Waals surface area contributed by atoms with Crippen LogP contribution in [0.4, 0.5) is 0 Å². The third kappa shape index (κ3) is 2.07. The van der Waals surface area contributed by atoms with Crippen molar-refractivity contribution in [3.63, 3.8) is 0 Å². The van der Waals surface area contributed by atoms with E-state index < -0.39 is 0 Å². The fraction of sp³-hybridized carbons (Fsp3) is 0.462. The second kappa shape index (κ2) is 3.34. The van der Waals surface area contributed by atoms with Gasteiger partial charge in [-0.2, -0.15) is 0 Å². The van der Waals surface area contributed by atoms with Crippen molar-refractivity contribution in [1.29, 1.82) is 0 Å². The van der Waals surface area contributed by atoms with Gasteiger partial charge in [-0.05, 0) is 18.6 Å². The Bertz CT molecular complexity index is 399. The molecule has 0 spiro atoms. The predicted octanol–water partition coefficient (Wildman–Crippen LogP) is 3.52. The molecule has 1 atom stereocenters. The van der Waals surface area contributed by atoms with Gasteiger partial charge in [0.05, 0.1) is 17.1 Å². The zero-order chi connectivity index (χ0) is 11.1. The lowest BCUT2D eigenvalue weighted by molar-refractivity contribution is 0.615. The standard InChI is InChI=1S/C13H16ClN/c1-12(2)6-5-11-10(8-12)4-7-13(3,9-14)15-11/h4-8H,9H2,1-3H3. The lowest BCUT2D eigenvalue weighted by atomic mass is 9.82. The maximum absolute atomic E-state index is 5.91. The van der Waals surface area contributed by atoms with Crippen LogP contribution in [-0.2, 0) is 0 Å². The minimum Gasteiger partial charge on any atom is -0.273 e. The van der Waals surface area contributed by atoms with Crippen LogP contribution in [0.1, 0.15) is 20.8 Å². The number of hydrogen-bond acceptors (Lipinski definition) is 1. The number of rotatable bonds is 1. The number of alkyl halides is 1. The summed E-state index contributed by atoms with van der Waals surface area (Å²) < 4.78 is 0. The third-order valence-electron chi connectivity index (χ3n) is 2.76. The molecule has 0 aromatic carbocycles. The Hall–Kier alpha value is -0.820. The Kier molecular flexibility index (Phi) is 2.38. The largest absolute Gasteiger partial charge is 0.273 e. The fourth-order valence-corrected chi connectivity index (χ4v) is 1.95. The van der Waals surface area contributed by atoms with Crippen molar-refractivity contribution in [2.75, 3.05) is 5.88 Å². The van der Waals surface area contributed by atoms with Crippen molar-refractivity contribution in [3.8, 4) is 0 Å². The van der Waals surface area contributed by atoms with Gasteiger partial charge in [0.25, 0.3) is 0 Å². The molecule has 2 aliphatic rings. The molecule has 1 aliphatic heterocycles. The van der Waals surface area contributed by atoms with Crippen molar-refractivity contribution in [2.24, 2.45) is 10.4 Å². The van der Waals surface area contributed by atoms with E-state index in [0.29, 0.717) is 5.88 Å². The minimum absolute atomic E-state index is 0.132. The highest BCUT2D eigenvalue weighted by atomic mass is 35.5. The van der Waals surface area contributed by atoms with Gasteiger partial charge in [0.15, 0.2) is 0 Å². The van der Waals surface area contributed by atoms with Crippen molar-refractivity contribution in [1.82, 2.24) is 0 Å². The first-order chi connectivity index (χ1) is 6.94. The summed E-state index contributed by atoms with van der Waals surface area (Å²) in [6, 6.07) is 0. The van der Waals surface area contributed by atoms with Gasteiger partial charge in [-0.15, -0.1) is 11.6 Å². The quantitative estimate of drug-likeness (QED) is 0.601. The lowest BCUT2D eigenvalue weighted by Crippen LogP contribution is -2.28. The molecule has 1 nitrogen and oxygen atoms in total. The molecule has 0 amide bonds. The van der Waals surface area contributed by atoms with Gasteiger partial charge < -0.3 is 0 Å². The lowest BCUT2D eigenvalue weighted by Gasteiger charge is -2.28. The van der Waals surface area contributed by atoms with Crippen LogP contribution in [0.25, 0.3) is 0 Å². The van der Waals surface area contributed by atoms with E-state index in [1.54, 1.807) is 0 Å². The molecule has 0 bridgehead atoms. The van der Waals surface area contributed by atoms with E-state index in [0.717, 1.165) is 5.71 Å². The normalized spacial score (nSPS) is 32.0. The molecule has 1 heterocycles. The van der Waals surface area contributed by atoms with E-state index >= 15 is 0 Å². The summed E-state index contributed by atoms with van der Waals surface area (Å²) in [4.78, 5) is 4.66. The van der Waals surface area contributed by atoms with Crippen LogP contribution in [0.2, 0.25) is 0 Å². The van der Waals surface area contributed by atoms with Gasteiger partial charge in [-0.25, -0.2) is 0 Å². The highest BCUT2D eigenvalue weighted by molar-refractivity contribution is 6.19. The Balaban J connectivity index is 2.39. The SMILES string of the molecule is CC1(C)C=CC2=NC(C)(CCl)C=CC2=C1. The number of dihydropyridines is 1. The van der Waals surface area contributed by atoms with Gasteiger partial charge in [-0.3, -0.25) is 4.99 Å². The second-order valence-corrected chi connectivity index (χ2v) is 5.34. The number of allylic oxidation sites excluding steroid dienone is 5. The topological polar surface area (TPSA) is 12.4 Å². The molecule has 15 heavy (non-hydrogen) atoms. The molecule has 0 radical (unpaired) electrons. The first-order valence-electron chi connectivity index (χ1n) is 5.22. The Morgan fingerprint density at radius 3 is 2.60 bits per heavy atom. The summed E-state index contributed by atoms with van der Waals surface area (Å²) in [6.07, 6.45) is 10.8. The van der Waals surface area contributed by atoms with Gasteiger partial charge in [0, 0.05) is 5.41 Å². The molecule has 0 aromatic heterocycles. The first kappa shape index (κ1) is 10.7. The monoisotopic (exact) mass is 221 g/mol. The molecule has 80 valence electrons. The smallest absolute Gasteiger partial charge is 0.0905 e. The summed E-state index contributed by atoms with van der Waals surface area (Å²) in [6.45, 7) is 6.43. The van der Waals surface area contributed by atoms with Crippen LogP contribution in [0.3, 0.4) is 0 Å². The van der Waals surface area contributed by atoms with Gasteiger partial charge >= 0.3 is 0 Å². The molecule has 0 saturated heterocycles. The van der Waals surface area contributed by atoms with Crippen LogP contribution in [-0.4, -0.2) is 17.1 Å². The summed E-state index contributed by atoms with van der Waals surface area (Å²) in [5, 5.41) is 0. The Labute approximate surface area is 96.2 Å². The average Bonchev–Trinajstić information content (AvgIpc) is 2.18. The zero-order valence-corrected chi connectivity index (χ0v) is 10.2. The molecule has 0 N–H and O–H groups in total. The summed E-state index contributed by atoms with van der Waals surface area (Å²) in [7, 11) is 0. The average molecular weight is 222 g/mol. The number of aliphatic imine (C=N–C) groups is 1. The summed E-state index contributed by atoms with van der Waals surface area (Å²) >= 11 is 5.91. The highest BCUT2D eigenvalue weighted by Gasteiger charge is 2.26. The van der Waals surface area contributed by atoms with Crippen LogP contribution >= 0.6 is 11.6 Å². The zero-order valence-electron chi connectivity index (χ0n) is 9.42. The van der Waals surface area contributed by atoms with E-state index in [4.69, 9.17) is 11.6 Å². The van der Waals surface area contributed by atoms with Gasteiger partial charge in [-0.1, -0.05) is 38.2 Å². The van der Waals surface area contributed by atoms with Crippen LogP contribution < -0.4 is 0 Å². The highest BCUT2D eigenvalue weighted by Crippen LogP contribution is 2.31. The number of nitrogens with zero attached hydrogens (tertiary/aromatic N) is 1. The molecule has 1 aliphatic carbocycles. The molecule has 0 saturated carbocycles. The van der Waals surface area contributed by atoms with E-state index in [9.17, 15) is 0 Å². The van der Waals surface area contributed by atoms with Crippen LogP contribution in [0.15, 0.2) is 40.9 Å². The number of fused-ring (bicyclic) bond motifs is 1. The molecule has 1 unspecified atom stereocenters. The minimum atomic E-state index is -0.236. The summed E-state index contributed by atoms with van der Waals surface area (Å²) in [5.74, 6) is 0.525. The fourth-order valence-electron chi connectivity index (χ4n) is 1.80. The maximum atomic E-state index is 5.91. The van der Waals surface area contributed by atoms with Gasteiger partial charge in [0.1, 0.15) is 0 Å². The van der Waals surface area contributed by atoms with Crippen molar-refractivity contribution < 1.29 is 0 Å². The molecule has 2 heteroatoms. The van der Waals surface area contributed by atoms with E-state index in [1.807, 2.05) is 6.92 Å². The molecule has 0 fully saturated rings. The second-order valence-electron chi connectivity index (χ2n) is 5.08. The first-order valence-corrected chi connectivity index (χ1v) is 5.75. The van der Waals surface area contributed by atoms with E-state index in [-0.39, 0.29) is 11.0 Å². The van der Waals surface area contributed by atoms with Crippen molar-refractivity contribution in [3.05, 3.63) is 36.0 Å². The van der Waals surface area contributed by atoms with Crippen molar-refractivity contribution >= 4 is 17.3 Å². The number of hydrogen-bond donors (Lipinski definition) is 0. The summed E-state index contributed by atoms with van der Waals surface area (Å²) in [5.41, 5.74) is 2.16. The Morgan fingerprint density at radius 2 is 1.93 bits per heavy atom. The predicted molar refractivity (Wildman–Crippen MR) is 66.7 cm³/mol. The van der Waals surface area contributed by atoms with Crippen molar-refractivity contribution in [2.45, 2.75) is 26.3 Å². The molecular formula is C13H16ClN. The molecular weight excluding hydrogens is 206 g/mol. The Morgan fingerprint density at radius 1 is 1.20 bits per heavy atom. The van der Waals surface area contributed by atoms with Crippen LogP contribution in [0.5, 0.6) is 0 Å². The van der Waals surface area contributed by atoms with E-state index in [1.165, 1.54) is 5.57 Å². The molecule has 2 rings (SSSR count). The van der Waals surface area contributed by atoms with E-state index in [2.05, 4.69) is 49.2 Å². The van der Waals surface area contributed by atoms with Crippen LogP contribution in [0, 0.1) is 5.41 Å². The maximum Gasteiger partial charge on any atom is 0.0905 e.